The molecule has 0 fully saturated rings. The van der Waals surface area contributed by atoms with Gasteiger partial charge in [0, 0.05) is 17.4 Å². The van der Waals surface area contributed by atoms with E-state index in [1.807, 2.05) is 55.5 Å². The predicted octanol–water partition coefficient (Wildman–Crippen LogP) is 3.31. The molecule has 0 bridgehead atoms. The van der Waals surface area contributed by atoms with Crippen LogP contribution >= 0.6 is 0 Å². The Morgan fingerprint density at radius 3 is 2.58 bits per heavy atom. The zero-order chi connectivity index (χ0) is 16.4. The summed E-state index contributed by atoms with van der Waals surface area (Å²) in [4.78, 5) is 12.9. The Morgan fingerprint density at radius 1 is 0.917 bits per heavy atom. The lowest BCUT2D eigenvalue weighted by molar-refractivity contribution is 0.937. The van der Waals surface area contributed by atoms with Crippen molar-refractivity contribution in [3.63, 3.8) is 0 Å². The van der Waals surface area contributed by atoms with Crippen LogP contribution in [0.4, 0.5) is 23.0 Å². The number of nitrogens with zero attached hydrogens (tertiary/aromatic N) is 5. The minimum atomic E-state index is 0.563. The highest BCUT2D eigenvalue weighted by atomic mass is 15.4. The molecule has 0 aliphatic heterocycles. The quantitative estimate of drug-likeness (QED) is 0.601. The zero-order valence-corrected chi connectivity index (χ0v) is 13.0. The molecule has 0 spiro atoms. The number of rotatable bonds is 4. The summed E-state index contributed by atoms with van der Waals surface area (Å²) in [7, 11) is 0. The van der Waals surface area contributed by atoms with Crippen molar-refractivity contribution < 1.29 is 0 Å². The van der Waals surface area contributed by atoms with E-state index in [4.69, 9.17) is 0 Å². The molecule has 7 nitrogen and oxygen atoms in total. The van der Waals surface area contributed by atoms with Crippen LogP contribution in [-0.2, 0) is 0 Å². The first-order valence-electron chi connectivity index (χ1n) is 7.50. The summed E-state index contributed by atoms with van der Waals surface area (Å²) in [5.74, 6) is 2.14. The molecule has 0 aliphatic rings. The van der Waals surface area contributed by atoms with E-state index in [0.29, 0.717) is 5.78 Å². The number of anilines is 4. The molecule has 4 rings (SSSR count). The monoisotopic (exact) mass is 317 g/mol. The van der Waals surface area contributed by atoms with Crippen LogP contribution in [-0.4, -0.2) is 24.6 Å². The summed E-state index contributed by atoms with van der Waals surface area (Å²) < 4.78 is 1.66. The minimum Gasteiger partial charge on any atom is -0.340 e. The van der Waals surface area contributed by atoms with Crippen molar-refractivity contribution in [2.24, 2.45) is 0 Å². The Morgan fingerprint density at radius 2 is 1.79 bits per heavy atom. The molecule has 3 heterocycles. The van der Waals surface area contributed by atoms with Gasteiger partial charge in [-0.05, 0) is 31.2 Å². The Labute approximate surface area is 138 Å². The zero-order valence-electron chi connectivity index (χ0n) is 13.0. The second-order valence-corrected chi connectivity index (χ2v) is 5.30. The van der Waals surface area contributed by atoms with Gasteiger partial charge in [-0.1, -0.05) is 18.2 Å². The third kappa shape index (κ3) is 2.87. The number of hydrogen-bond acceptors (Lipinski definition) is 6. The van der Waals surface area contributed by atoms with Gasteiger partial charge in [-0.15, -0.1) is 0 Å². The number of pyridine rings is 1. The van der Waals surface area contributed by atoms with Crippen molar-refractivity contribution >= 4 is 28.8 Å². The molecule has 0 aliphatic carbocycles. The lowest BCUT2D eigenvalue weighted by Gasteiger charge is -2.10. The Balaban J connectivity index is 1.56. The number of benzene rings is 1. The summed E-state index contributed by atoms with van der Waals surface area (Å²) in [6.45, 7) is 1.92. The van der Waals surface area contributed by atoms with Crippen LogP contribution in [0.2, 0.25) is 0 Å². The number of nitrogens with one attached hydrogen (secondary N) is 2. The lowest BCUT2D eigenvalue weighted by atomic mass is 10.3. The summed E-state index contributed by atoms with van der Waals surface area (Å²) in [5.41, 5.74) is 2.73. The number of aryl methyl sites for hydroxylation is 1. The molecule has 1 aromatic carbocycles. The van der Waals surface area contributed by atoms with Crippen molar-refractivity contribution in [1.82, 2.24) is 24.6 Å². The highest BCUT2D eigenvalue weighted by molar-refractivity contribution is 5.61. The number of para-hydroxylation sites is 1. The molecule has 4 aromatic rings. The summed E-state index contributed by atoms with van der Waals surface area (Å²) in [5, 5.41) is 10.7. The van der Waals surface area contributed by atoms with Gasteiger partial charge in [0.25, 0.3) is 5.78 Å². The van der Waals surface area contributed by atoms with Gasteiger partial charge in [0.2, 0.25) is 0 Å². The predicted molar refractivity (Wildman–Crippen MR) is 92.8 cm³/mol. The third-order valence-corrected chi connectivity index (χ3v) is 3.46. The third-order valence-electron chi connectivity index (χ3n) is 3.46. The highest BCUT2D eigenvalue weighted by Gasteiger charge is 2.06. The fraction of sp³-hybridized carbons (Fsp3) is 0.0588. The van der Waals surface area contributed by atoms with E-state index in [2.05, 4.69) is 30.7 Å². The fourth-order valence-electron chi connectivity index (χ4n) is 2.38. The van der Waals surface area contributed by atoms with Crippen LogP contribution in [0, 0.1) is 6.92 Å². The van der Waals surface area contributed by atoms with Gasteiger partial charge in [-0.25, -0.2) is 9.97 Å². The van der Waals surface area contributed by atoms with Crippen LogP contribution in [0.25, 0.3) is 5.78 Å². The normalized spacial score (nSPS) is 10.7. The maximum absolute atomic E-state index is 4.43. The van der Waals surface area contributed by atoms with E-state index < -0.39 is 0 Å². The molecular formula is C17H15N7. The maximum atomic E-state index is 4.43. The molecule has 24 heavy (non-hydrogen) atoms. The van der Waals surface area contributed by atoms with Crippen LogP contribution in [0.15, 0.2) is 61.1 Å². The summed E-state index contributed by atoms with van der Waals surface area (Å²) >= 11 is 0. The Hall–Kier alpha value is -3.48. The average Bonchev–Trinajstić information content (AvgIpc) is 3.06. The second-order valence-electron chi connectivity index (χ2n) is 5.30. The second kappa shape index (κ2) is 5.96. The average molecular weight is 317 g/mol. The maximum Gasteiger partial charge on any atom is 0.254 e. The van der Waals surface area contributed by atoms with Gasteiger partial charge in [0.1, 0.15) is 18.0 Å². The van der Waals surface area contributed by atoms with E-state index in [9.17, 15) is 0 Å². The Bertz CT molecular complexity index is 961. The standard InChI is InChI=1S/C17H15N7/c1-12-9-16(24-17(21-12)19-11-20-24)23-14-7-8-15(18-10-14)22-13-5-3-2-4-6-13/h2-11,23H,1H3,(H,18,22). The van der Waals surface area contributed by atoms with E-state index in [1.54, 1.807) is 10.7 Å². The van der Waals surface area contributed by atoms with Crippen LogP contribution in [0.3, 0.4) is 0 Å². The number of hydrogen-bond donors (Lipinski definition) is 2. The van der Waals surface area contributed by atoms with Crippen molar-refractivity contribution in [3.8, 4) is 0 Å². The van der Waals surface area contributed by atoms with Gasteiger partial charge in [-0.3, -0.25) is 0 Å². The van der Waals surface area contributed by atoms with Gasteiger partial charge >= 0.3 is 0 Å². The molecule has 118 valence electrons. The van der Waals surface area contributed by atoms with Crippen molar-refractivity contribution in [2.45, 2.75) is 6.92 Å². The molecule has 0 radical (unpaired) electrons. The van der Waals surface area contributed by atoms with Gasteiger partial charge < -0.3 is 10.6 Å². The molecule has 0 unspecified atom stereocenters. The first-order chi connectivity index (χ1) is 11.8. The molecule has 0 saturated carbocycles. The lowest BCUT2D eigenvalue weighted by Crippen LogP contribution is -2.03. The number of aromatic nitrogens is 5. The minimum absolute atomic E-state index is 0.563. The number of fused-ring (bicyclic) bond motifs is 1. The summed E-state index contributed by atoms with van der Waals surface area (Å²) in [6.07, 6.45) is 3.25. The topological polar surface area (TPSA) is 80.0 Å². The summed E-state index contributed by atoms with van der Waals surface area (Å²) in [6, 6.07) is 15.7. The molecule has 0 saturated heterocycles. The van der Waals surface area contributed by atoms with E-state index in [1.165, 1.54) is 6.33 Å². The largest absolute Gasteiger partial charge is 0.340 e. The van der Waals surface area contributed by atoms with Crippen molar-refractivity contribution in [2.75, 3.05) is 10.6 Å². The SMILES string of the molecule is Cc1cc(Nc2ccc(Nc3ccccc3)nc2)n2ncnc2n1. The fourth-order valence-corrected chi connectivity index (χ4v) is 2.38. The molecule has 7 heteroatoms. The first-order valence-corrected chi connectivity index (χ1v) is 7.50. The van der Waals surface area contributed by atoms with Crippen molar-refractivity contribution in [3.05, 3.63) is 66.7 Å². The molecule has 0 atom stereocenters. The highest BCUT2D eigenvalue weighted by Crippen LogP contribution is 2.19. The van der Waals surface area contributed by atoms with Crippen LogP contribution in [0.1, 0.15) is 5.69 Å². The van der Waals surface area contributed by atoms with Gasteiger partial charge in [-0.2, -0.15) is 14.6 Å². The van der Waals surface area contributed by atoms with E-state index in [-0.39, 0.29) is 0 Å². The molecule has 3 aromatic heterocycles. The molecule has 2 N–H and O–H groups in total. The van der Waals surface area contributed by atoms with E-state index in [0.717, 1.165) is 28.7 Å². The van der Waals surface area contributed by atoms with Crippen molar-refractivity contribution in [1.29, 1.82) is 0 Å². The van der Waals surface area contributed by atoms with Gasteiger partial charge in [0.15, 0.2) is 0 Å². The first kappa shape index (κ1) is 14.1. The molecule has 0 amide bonds. The van der Waals surface area contributed by atoms with Gasteiger partial charge in [0.05, 0.1) is 11.9 Å². The Kier molecular flexibility index (Phi) is 3.51. The van der Waals surface area contributed by atoms with Crippen LogP contribution < -0.4 is 10.6 Å². The van der Waals surface area contributed by atoms with Crippen LogP contribution in [0.5, 0.6) is 0 Å². The smallest absolute Gasteiger partial charge is 0.254 e. The molecular weight excluding hydrogens is 302 g/mol. The van der Waals surface area contributed by atoms with E-state index >= 15 is 0 Å².